The predicted molar refractivity (Wildman–Crippen MR) is 105 cm³/mol. The Balaban J connectivity index is 1.69. The Kier molecular flexibility index (Phi) is 5.97. The molecule has 3 aromatic rings. The Bertz CT molecular complexity index is 928. The number of carbonyl (C=O) groups is 1. The first-order valence-electron chi connectivity index (χ1n) is 8.24. The summed E-state index contributed by atoms with van der Waals surface area (Å²) < 4.78 is 12.4. The monoisotopic (exact) mass is 384 g/mol. The van der Waals surface area contributed by atoms with Gasteiger partial charge in [0.15, 0.2) is 5.16 Å². The van der Waals surface area contributed by atoms with Crippen molar-refractivity contribution in [2.24, 2.45) is 0 Å². The number of ether oxygens (including phenoxy) is 2. The van der Waals surface area contributed by atoms with Gasteiger partial charge in [0.1, 0.15) is 17.3 Å². The Labute approximate surface area is 161 Å². The third kappa shape index (κ3) is 4.40. The van der Waals surface area contributed by atoms with Crippen LogP contribution in [0, 0.1) is 6.92 Å². The maximum atomic E-state index is 12.4. The number of hydrogen-bond acceptors (Lipinski definition) is 6. The van der Waals surface area contributed by atoms with Gasteiger partial charge < -0.3 is 14.8 Å². The van der Waals surface area contributed by atoms with Crippen LogP contribution in [0.15, 0.2) is 53.7 Å². The lowest BCUT2D eigenvalue weighted by Gasteiger charge is -2.12. The zero-order valence-electron chi connectivity index (χ0n) is 15.3. The van der Waals surface area contributed by atoms with E-state index >= 15 is 0 Å². The lowest BCUT2D eigenvalue weighted by Crippen LogP contribution is -2.15. The fourth-order valence-corrected chi connectivity index (χ4v) is 3.33. The maximum absolute atomic E-state index is 12.4. The molecule has 0 aliphatic carbocycles. The molecule has 0 spiro atoms. The maximum Gasteiger partial charge on any atom is 0.234 e. The van der Waals surface area contributed by atoms with Crippen LogP contribution in [0.25, 0.3) is 5.69 Å². The number of aromatic nitrogens is 3. The Morgan fingerprint density at radius 1 is 1.11 bits per heavy atom. The van der Waals surface area contributed by atoms with E-state index in [1.165, 1.54) is 11.8 Å². The van der Waals surface area contributed by atoms with Crippen LogP contribution in [0.2, 0.25) is 0 Å². The molecule has 2 aromatic carbocycles. The highest BCUT2D eigenvalue weighted by Gasteiger charge is 2.14. The van der Waals surface area contributed by atoms with E-state index in [-0.39, 0.29) is 11.7 Å². The molecule has 0 fully saturated rings. The molecule has 8 heteroatoms. The second kappa shape index (κ2) is 8.59. The van der Waals surface area contributed by atoms with Gasteiger partial charge in [-0.1, -0.05) is 30.0 Å². The molecule has 27 heavy (non-hydrogen) atoms. The van der Waals surface area contributed by atoms with Crippen molar-refractivity contribution < 1.29 is 14.3 Å². The number of carbonyl (C=O) groups excluding carboxylic acids is 1. The molecule has 0 aliphatic rings. The normalized spacial score (nSPS) is 10.5. The van der Waals surface area contributed by atoms with E-state index in [1.54, 1.807) is 32.4 Å². The standard InChI is InChI=1S/C19H20N4O3S/c1-13-21-22-19(23(13)14-7-5-4-6-8-14)27-12-18(24)20-16-10-9-15(25-2)11-17(16)26-3/h4-11H,12H2,1-3H3,(H,20,24). The van der Waals surface area contributed by atoms with Gasteiger partial charge >= 0.3 is 0 Å². The summed E-state index contributed by atoms with van der Waals surface area (Å²) in [6.45, 7) is 1.88. The molecule has 140 valence electrons. The molecule has 7 nitrogen and oxygen atoms in total. The van der Waals surface area contributed by atoms with Crippen molar-refractivity contribution in [3.05, 3.63) is 54.4 Å². The summed E-state index contributed by atoms with van der Waals surface area (Å²) in [5.74, 6) is 1.99. The number of rotatable bonds is 7. The van der Waals surface area contributed by atoms with E-state index < -0.39 is 0 Å². The van der Waals surface area contributed by atoms with Gasteiger partial charge in [-0.25, -0.2) is 0 Å². The lowest BCUT2D eigenvalue weighted by atomic mass is 10.2. The second-order valence-corrected chi connectivity index (χ2v) is 6.55. The van der Waals surface area contributed by atoms with Crippen LogP contribution in [0.3, 0.4) is 0 Å². The molecule has 1 amide bonds. The van der Waals surface area contributed by atoms with E-state index in [0.29, 0.717) is 22.3 Å². The van der Waals surface area contributed by atoms with Gasteiger partial charge in [0.2, 0.25) is 5.91 Å². The van der Waals surface area contributed by atoms with E-state index in [0.717, 1.165) is 11.5 Å². The van der Waals surface area contributed by atoms with Gasteiger partial charge in [-0.15, -0.1) is 10.2 Å². The van der Waals surface area contributed by atoms with Crippen molar-refractivity contribution in [1.82, 2.24) is 14.8 Å². The Hall–Kier alpha value is -3.00. The number of nitrogens with one attached hydrogen (secondary N) is 1. The number of benzene rings is 2. The topological polar surface area (TPSA) is 78.3 Å². The molecular formula is C19H20N4O3S. The van der Waals surface area contributed by atoms with Crippen LogP contribution in [-0.4, -0.2) is 40.6 Å². The number of amides is 1. The molecule has 0 unspecified atom stereocenters. The highest BCUT2D eigenvalue weighted by Crippen LogP contribution is 2.29. The third-order valence-electron chi connectivity index (χ3n) is 3.82. The first kappa shape index (κ1) is 18.8. The highest BCUT2D eigenvalue weighted by atomic mass is 32.2. The molecule has 0 saturated heterocycles. The van der Waals surface area contributed by atoms with Crippen LogP contribution >= 0.6 is 11.8 Å². The smallest absolute Gasteiger partial charge is 0.234 e. The molecule has 3 rings (SSSR count). The quantitative estimate of drug-likeness (QED) is 0.630. The summed E-state index contributed by atoms with van der Waals surface area (Å²) in [7, 11) is 3.12. The molecule has 1 heterocycles. The average Bonchev–Trinajstić information content (AvgIpc) is 3.07. The molecule has 0 aliphatic heterocycles. The van der Waals surface area contributed by atoms with Crippen molar-refractivity contribution in [3.63, 3.8) is 0 Å². The van der Waals surface area contributed by atoms with Crippen LogP contribution in [0.4, 0.5) is 5.69 Å². The number of methoxy groups -OCH3 is 2. The average molecular weight is 384 g/mol. The predicted octanol–water partition coefficient (Wildman–Crippen LogP) is 3.32. The van der Waals surface area contributed by atoms with E-state index in [2.05, 4.69) is 15.5 Å². The Morgan fingerprint density at radius 3 is 2.59 bits per heavy atom. The number of aryl methyl sites for hydroxylation is 1. The number of nitrogens with zero attached hydrogens (tertiary/aromatic N) is 3. The minimum atomic E-state index is -0.163. The summed E-state index contributed by atoms with van der Waals surface area (Å²) in [4.78, 5) is 12.4. The van der Waals surface area contributed by atoms with Crippen molar-refractivity contribution in [1.29, 1.82) is 0 Å². The van der Waals surface area contributed by atoms with Gasteiger partial charge in [0.25, 0.3) is 0 Å². The zero-order chi connectivity index (χ0) is 19.2. The largest absolute Gasteiger partial charge is 0.497 e. The molecule has 1 N–H and O–H groups in total. The molecule has 0 saturated carbocycles. The van der Waals surface area contributed by atoms with E-state index in [4.69, 9.17) is 9.47 Å². The summed E-state index contributed by atoms with van der Waals surface area (Å²) in [6.07, 6.45) is 0. The fourth-order valence-electron chi connectivity index (χ4n) is 2.53. The highest BCUT2D eigenvalue weighted by molar-refractivity contribution is 7.99. The summed E-state index contributed by atoms with van der Waals surface area (Å²) in [6, 6.07) is 15.0. The van der Waals surface area contributed by atoms with Gasteiger partial charge in [0.05, 0.1) is 25.7 Å². The van der Waals surface area contributed by atoms with E-state index in [9.17, 15) is 4.79 Å². The number of hydrogen-bond donors (Lipinski definition) is 1. The fraction of sp³-hybridized carbons (Fsp3) is 0.211. The first-order chi connectivity index (χ1) is 13.1. The van der Waals surface area contributed by atoms with Crippen molar-refractivity contribution >= 4 is 23.4 Å². The number of thioether (sulfide) groups is 1. The zero-order valence-corrected chi connectivity index (χ0v) is 16.1. The lowest BCUT2D eigenvalue weighted by molar-refractivity contribution is -0.113. The van der Waals surface area contributed by atoms with E-state index in [1.807, 2.05) is 41.8 Å². The van der Waals surface area contributed by atoms with Crippen LogP contribution in [0.5, 0.6) is 11.5 Å². The van der Waals surface area contributed by atoms with Crippen LogP contribution < -0.4 is 14.8 Å². The summed E-state index contributed by atoms with van der Waals surface area (Å²) in [5.41, 5.74) is 1.55. The van der Waals surface area contributed by atoms with Crippen LogP contribution in [0.1, 0.15) is 5.82 Å². The molecule has 1 aromatic heterocycles. The van der Waals surface area contributed by atoms with Gasteiger partial charge in [-0.2, -0.15) is 0 Å². The van der Waals surface area contributed by atoms with Gasteiger partial charge in [-0.3, -0.25) is 9.36 Å². The molecule has 0 atom stereocenters. The molecule has 0 radical (unpaired) electrons. The Morgan fingerprint density at radius 2 is 1.89 bits per heavy atom. The van der Waals surface area contributed by atoms with Gasteiger partial charge in [0, 0.05) is 11.8 Å². The van der Waals surface area contributed by atoms with Crippen molar-refractivity contribution in [3.8, 4) is 17.2 Å². The molecular weight excluding hydrogens is 364 g/mol. The number of para-hydroxylation sites is 1. The van der Waals surface area contributed by atoms with Crippen molar-refractivity contribution in [2.75, 3.05) is 25.3 Å². The van der Waals surface area contributed by atoms with Crippen LogP contribution in [-0.2, 0) is 4.79 Å². The first-order valence-corrected chi connectivity index (χ1v) is 9.23. The summed E-state index contributed by atoms with van der Waals surface area (Å²) in [5, 5.41) is 11.8. The number of anilines is 1. The van der Waals surface area contributed by atoms with Gasteiger partial charge in [-0.05, 0) is 31.2 Å². The van der Waals surface area contributed by atoms with Crippen molar-refractivity contribution in [2.45, 2.75) is 12.1 Å². The molecule has 0 bridgehead atoms. The summed E-state index contributed by atoms with van der Waals surface area (Å²) >= 11 is 1.32. The minimum absolute atomic E-state index is 0.163. The third-order valence-corrected chi connectivity index (χ3v) is 4.75. The SMILES string of the molecule is COc1ccc(NC(=O)CSc2nnc(C)n2-c2ccccc2)c(OC)c1. The second-order valence-electron chi connectivity index (χ2n) is 5.60. The minimum Gasteiger partial charge on any atom is -0.497 e.